The van der Waals surface area contributed by atoms with Crippen molar-refractivity contribution in [1.29, 1.82) is 0 Å². The van der Waals surface area contributed by atoms with Gasteiger partial charge in [-0.1, -0.05) is 29.3 Å². The molecule has 0 amide bonds. The number of halogens is 2. The molecule has 0 saturated carbocycles. The highest BCUT2D eigenvalue weighted by Crippen LogP contribution is 2.27. The smallest absolute Gasteiger partial charge is 0.142 e. The Kier molecular flexibility index (Phi) is 3.70. The van der Waals surface area contributed by atoms with Crippen LogP contribution in [0.5, 0.6) is 0 Å². The van der Waals surface area contributed by atoms with Crippen LogP contribution in [0.2, 0.25) is 5.02 Å². The minimum absolute atomic E-state index is 0.0763. The lowest BCUT2D eigenvalue weighted by Crippen LogP contribution is -2.00. The van der Waals surface area contributed by atoms with Crippen molar-refractivity contribution in [2.75, 3.05) is 0 Å². The van der Waals surface area contributed by atoms with Gasteiger partial charge in [0.05, 0.1) is 5.02 Å². The van der Waals surface area contributed by atoms with Crippen LogP contribution in [0, 0.1) is 12.7 Å². The first-order valence-corrected chi connectivity index (χ1v) is 7.03. The highest BCUT2D eigenvalue weighted by atomic mass is 35.5. The molecule has 2 nitrogen and oxygen atoms in total. The van der Waals surface area contributed by atoms with Crippen LogP contribution in [-0.2, 0) is 6.42 Å². The summed E-state index contributed by atoms with van der Waals surface area (Å²) in [5, 5.41) is 11.3. The Morgan fingerprint density at radius 2 is 2.00 bits per heavy atom. The molecule has 0 radical (unpaired) electrons. The first kappa shape index (κ1) is 14.1. The molecule has 1 atom stereocenters. The van der Waals surface area contributed by atoms with Crippen molar-refractivity contribution in [2.45, 2.75) is 19.4 Å². The predicted molar refractivity (Wildman–Crippen MR) is 81.0 cm³/mol. The summed E-state index contributed by atoms with van der Waals surface area (Å²) >= 11 is 5.65. The minimum atomic E-state index is -0.821. The van der Waals surface area contributed by atoms with Crippen LogP contribution in [0.25, 0.3) is 11.0 Å². The zero-order valence-corrected chi connectivity index (χ0v) is 12.2. The maximum atomic E-state index is 13.4. The van der Waals surface area contributed by atoms with Gasteiger partial charge in [-0.3, -0.25) is 0 Å². The van der Waals surface area contributed by atoms with Crippen molar-refractivity contribution in [2.24, 2.45) is 0 Å². The number of furan rings is 1. The quantitative estimate of drug-likeness (QED) is 0.753. The van der Waals surface area contributed by atoms with E-state index >= 15 is 0 Å². The van der Waals surface area contributed by atoms with Crippen LogP contribution in [0.1, 0.15) is 23.0 Å². The molecule has 0 bridgehead atoms. The third-order valence-corrected chi connectivity index (χ3v) is 3.74. The molecule has 108 valence electrons. The molecule has 1 N–H and O–H groups in total. The lowest BCUT2D eigenvalue weighted by Gasteiger charge is -2.08. The van der Waals surface area contributed by atoms with Gasteiger partial charge in [-0.05, 0) is 42.8 Å². The summed E-state index contributed by atoms with van der Waals surface area (Å²) < 4.78 is 19.0. The molecule has 0 aliphatic heterocycles. The maximum absolute atomic E-state index is 13.4. The molecular weight excluding hydrogens is 291 g/mol. The van der Waals surface area contributed by atoms with Gasteiger partial charge in [0.2, 0.25) is 0 Å². The third-order valence-electron chi connectivity index (χ3n) is 3.43. The summed E-state index contributed by atoms with van der Waals surface area (Å²) in [5.74, 6) is -0.00689. The average Bonchev–Trinajstić information content (AvgIpc) is 2.86. The van der Waals surface area contributed by atoms with Crippen LogP contribution in [0.15, 0.2) is 46.9 Å². The maximum Gasteiger partial charge on any atom is 0.142 e. The number of aryl methyl sites for hydroxylation is 1. The van der Waals surface area contributed by atoms with E-state index in [9.17, 15) is 9.50 Å². The number of hydrogen-bond donors (Lipinski definition) is 1. The van der Waals surface area contributed by atoms with Gasteiger partial charge in [0.1, 0.15) is 23.3 Å². The first-order chi connectivity index (χ1) is 10.0. The van der Waals surface area contributed by atoms with E-state index in [-0.39, 0.29) is 11.4 Å². The SMILES string of the molecule is Cc1ccc2oc(C(O)Cc3ccc(Cl)c(F)c3)cc2c1. The number of benzene rings is 2. The highest BCUT2D eigenvalue weighted by molar-refractivity contribution is 6.30. The Morgan fingerprint density at radius 3 is 2.76 bits per heavy atom. The fourth-order valence-corrected chi connectivity index (χ4v) is 2.46. The van der Waals surface area contributed by atoms with E-state index in [1.165, 1.54) is 12.1 Å². The summed E-state index contributed by atoms with van der Waals surface area (Å²) in [6.07, 6.45) is -0.550. The van der Waals surface area contributed by atoms with Crippen LogP contribution < -0.4 is 0 Å². The summed E-state index contributed by atoms with van der Waals surface area (Å²) in [6, 6.07) is 12.2. The van der Waals surface area contributed by atoms with Gasteiger partial charge in [0, 0.05) is 11.8 Å². The van der Waals surface area contributed by atoms with Crippen LogP contribution in [0.3, 0.4) is 0 Å². The monoisotopic (exact) mass is 304 g/mol. The number of aliphatic hydroxyl groups is 1. The second-order valence-electron chi connectivity index (χ2n) is 5.16. The van der Waals surface area contributed by atoms with Crippen molar-refractivity contribution in [3.05, 3.63) is 70.2 Å². The molecule has 0 aliphatic carbocycles. The summed E-state index contributed by atoms with van der Waals surface area (Å²) in [7, 11) is 0. The topological polar surface area (TPSA) is 33.4 Å². The summed E-state index contributed by atoms with van der Waals surface area (Å²) in [6.45, 7) is 2.00. The minimum Gasteiger partial charge on any atom is -0.458 e. The number of fused-ring (bicyclic) bond motifs is 1. The summed E-state index contributed by atoms with van der Waals surface area (Å²) in [5.41, 5.74) is 2.53. The van der Waals surface area contributed by atoms with E-state index in [4.69, 9.17) is 16.0 Å². The highest BCUT2D eigenvalue weighted by Gasteiger charge is 2.15. The van der Waals surface area contributed by atoms with Crippen molar-refractivity contribution in [1.82, 2.24) is 0 Å². The normalized spacial score (nSPS) is 12.8. The molecule has 4 heteroatoms. The molecule has 3 rings (SSSR count). The second-order valence-corrected chi connectivity index (χ2v) is 5.57. The summed E-state index contributed by atoms with van der Waals surface area (Å²) in [4.78, 5) is 0. The molecule has 2 aromatic carbocycles. The van der Waals surface area contributed by atoms with E-state index < -0.39 is 11.9 Å². The van der Waals surface area contributed by atoms with Gasteiger partial charge >= 0.3 is 0 Å². The van der Waals surface area contributed by atoms with E-state index in [1.807, 2.05) is 31.2 Å². The molecule has 0 spiro atoms. The lowest BCUT2D eigenvalue weighted by atomic mass is 10.1. The van der Waals surface area contributed by atoms with E-state index in [2.05, 4.69) is 0 Å². The fraction of sp³-hybridized carbons (Fsp3) is 0.176. The second kappa shape index (κ2) is 5.51. The molecular formula is C17H14ClFO2. The Hall–Kier alpha value is -1.84. The lowest BCUT2D eigenvalue weighted by molar-refractivity contribution is 0.152. The fourth-order valence-electron chi connectivity index (χ4n) is 2.34. The third kappa shape index (κ3) is 2.94. The molecule has 1 heterocycles. The number of aliphatic hydroxyl groups excluding tert-OH is 1. The average molecular weight is 305 g/mol. The molecule has 1 unspecified atom stereocenters. The Balaban J connectivity index is 1.85. The molecule has 21 heavy (non-hydrogen) atoms. The molecule has 1 aromatic heterocycles. The number of rotatable bonds is 3. The van der Waals surface area contributed by atoms with Crippen molar-refractivity contribution in [3.8, 4) is 0 Å². The van der Waals surface area contributed by atoms with Crippen molar-refractivity contribution < 1.29 is 13.9 Å². The van der Waals surface area contributed by atoms with Crippen LogP contribution in [0.4, 0.5) is 4.39 Å². The molecule has 0 fully saturated rings. The molecule has 3 aromatic rings. The van der Waals surface area contributed by atoms with Gasteiger partial charge in [0.15, 0.2) is 0 Å². The van der Waals surface area contributed by atoms with Gasteiger partial charge < -0.3 is 9.52 Å². The Bertz CT molecular complexity index is 795. The Morgan fingerprint density at radius 1 is 1.19 bits per heavy atom. The van der Waals surface area contributed by atoms with Gasteiger partial charge in [-0.15, -0.1) is 0 Å². The number of hydrogen-bond acceptors (Lipinski definition) is 2. The van der Waals surface area contributed by atoms with Gasteiger partial charge in [0.25, 0.3) is 0 Å². The largest absolute Gasteiger partial charge is 0.458 e. The first-order valence-electron chi connectivity index (χ1n) is 6.65. The van der Waals surface area contributed by atoms with Crippen LogP contribution >= 0.6 is 11.6 Å². The zero-order valence-electron chi connectivity index (χ0n) is 11.4. The molecule has 0 saturated heterocycles. The van der Waals surface area contributed by atoms with Crippen molar-refractivity contribution >= 4 is 22.6 Å². The predicted octanol–water partition coefficient (Wildman–Crippen LogP) is 4.81. The van der Waals surface area contributed by atoms with E-state index in [0.717, 1.165) is 16.5 Å². The van der Waals surface area contributed by atoms with Gasteiger partial charge in [-0.25, -0.2) is 4.39 Å². The standard InChI is InChI=1S/C17H14ClFO2/c1-10-2-5-16-12(6-10)9-17(21-16)15(20)8-11-3-4-13(18)14(19)7-11/h2-7,9,15,20H,8H2,1H3. The van der Waals surface area contributed by atoms with Gasteiger partial charge in [-0.2, -0.15) is 0 Å². The van der Waals surface area contributed by atoms with E-state index in [1.54, 1.807) is 6.07 Å². The Labute approximate surface area is 126 Å². The van der Waals surface area contributed by atoms with Crippen LogP contribution in [-0.4, -0.2) is 5.11 Å². The van der Waals surface area contributed by atoms with Crippen molar-refractivity contribution in [3.63, 3.8) is 0 Å². The van der Waals surface area contributed by atoms with E-state index in [0.29, 0.717) is 11.3 Å². The molecule has 0 aliphatic rings. The zero-order chi connectivity index (χ0) is 15.0.